The fourth-order valence-electron chi connectivity index (χ4n) is 3.21. The lowest BCUT2D eigenvalue weighted by Crippen LogP contribution is -2.55. The molecule has 29 heavy (non-hydrogen) atoms. The summed E-state index contributed by atoms with van der Waals surface area (Å²) in [6.07, 6.45) is -0.996. The highest BCUT2D eigenvalue weighted by molar-refractivity contribution is 8.14. The van der Waals surface area contributed by atoms with Crippen molar-refractivity contribution in [1.29, 1.82) is 0 Å². The number of para-hydroxylation sites is 1. The first-order valence-electron chi connectivity index (χ1n) is 9.31. The SMILES string of the molecule is CCNC1=N[C@@H]2[C@@H](O)[C@H](O)[C@@H](Cn3cc(COc4ccccc4Cl)nn3)O[C@@H]2S1. The van der Waals surface area contributed by atoms with Crippen molar-refractivity contribution in [1.82, 2.24) is 20.3 Å². The van der Waals surface area contributed by atoms with Crippen LogP contribution >= 0.6 is 23.4 Å². The quantitative estimate of drug-likeness (QED) is 0.611. The van der Waals surface area contributed by atoms with E-state index in [1.807, 2.05) is 19.1 Å². The minimum atomic E-state index is -1.08. The van der Waals surface area contributed by atoms with Crippen LogP contribution in [0.25, 0.3) is 0 Å². The summed E-state index contributed by atoms with van der Waals surface area (Å²) in [4.78, 5) is 4.41. The van der Waals surface area contributed by atoms with E-state index in [0.717, 1.165) is 6.54 Å². The Morgan fingerprint density at radius 1 is 1.31 bits per heavy atom. The Hall–Kier alpha value is -1.85. The first kappa shape index (κ1) is 20.4. The zero-order chi connectivity index (χ0) is 20.4. The second-order valence-electron chi connectivity index (χ2n) is 6.75. The lowest BCUT2D eigenvalue weighted by molar-refractivity contribution is -0.157. The van der Waals surface area contributed by atoms with Crippen molar-refractivity contribution in [3.05, 3.63) is 41.2 Å². The van der Waals surface area contributed by atoms with E-state index in [4.69, 9.17) is 21.1 Å². The largest absolute Gasteiger partial charge is 0.486 e. The predicted octanol–water partition coefficient (Wildman–Crippen LogP) is 1.04. The van der Waals surface area contributed by atoms with Crippen LogP contribution in [0.5, 0.6) is 5.75 Å². The van der Waals surface area contributed by atoms with Gasteiger partial charge in [0.05, 0.1) is 17.8 Å². The molecule has 5 atom stereocenters. The van der Waals surface area contributed by atoms with Gasteiger partial charge in [0.25, 0.3) is 0 Å². The van der Waals surface area contributed by atoms with Crippen LogP contribution in [-0.2, 0) is 17.9 Å². The summed E-state index contributed by atoms with van der Waals surface area (Å²) in [7, 11) is 0. The molecule has 0 spiro atoms. The zero-order valence-electron chi connectivity index (χ0n) is 15.7. The number of rotatable bonds is 6. The number of fused-ring (bicyclic) bond motifs is 1. The molecule has 11 heteroatoms. The molecule has 0 radical (unpaired) electrons. The minimum absolute atomic E-state index is 0.209. The van der Waals surface area contributed by atoms with Crippen molar-refractivity contribution < 1.29 is 19.7 Å². The van der Waals surface area contributed by atoms with E-state index in [-0.39, 0.29) is 18.6 Å². The van der Waals surface area contributed by atoms with Gasteiger partial charge in [-0.1, -0.05) is 40.7 Å². The summed E-state index contributed by atoms with van der Waals surface area (Å²) in [5.41, 5.74) is 0.264. The van der Waals surface area contributed by atoms with Gasteiger partial charge in [0.2, 0.25) is 0 Å². The Bertz CT molecular complexity index is 881. The molecule has 0 unspecified atom stereocenters. The summed E-state index contributed by atoms with van der Waals surface area (Å²) in [6.45, 7) is 3.15. The highest BCUT2D eigenvalue weighted by Crippen LogP contribution is 2.36. The number of thioether (sulfide) groups is 1. The number of hydrogen-bond donors (Lipinski definition) is 3. The molecule has 2 aliphatic rings. The molecule has 0 bridgehead atoms. The average molecular weight is 440 g/mol. The van der Waals surface area contributed by atoms with Crippen molar-refractivity contribution in [3.8, 4) is 5.75 Å². The van der Waals surface area contributed by atoms with Crippen LogP contribution in [-0.4, -0.2) is 66.7 Å². The first-order valence-corrected chi connectivity index (χ1v) is 10.6. The number of aliphatic hydroxyl groups excluding tert-OH is 2. The molecule has 0 saturated carbocycles. The number of aliphatic hydroxyl groups is 2. The summed E-state index contributed by atoms with van der Waals surface area (Å²) < 4.78 is 13.2. The molecule has 4 rings (SSSR count). The number of aliphatic imine (C=N–C) groups is 1. The van der Waals surface area contributed by atoms with E-state index in [9.17, 15) is 10.2 Å². The topological polar surface area (TPSA) is 114 Å². The van der Waals surface area contributed by atoms with Crippen LogP contribution in [0.4, 0.5) is 0 Å². The van der Waals surface area contributed by atoms with Crippen molar-refractivity contribution in [3.63, 3.8) is 0 Å². The molecule has 1 fully saturated rings. The summed E-state index contributed by atoms with van der Waals surface area (Å²) in [5.74, 6) is 0.568. The summed E-state index contributed by atoms with van der Waals surface area (Å²) in [6, 6.07) is 6.70. The maximum Gasteiger partial charge on any atom is 0.159 e. The normalized spacial score (nSPS) is 28.7. The van der Waals surface area contributed by atoms with Crippen LogP contribution in [0.1, 0.15) is 12.6 Å². The molecular weight excluding hydrogens is 418 g/mol. The van der Waals surface area contributed by atoms with Crippen molar-refractivity contribution in [2.75, 3.05) is 6.54 Å². The number of nitrogens with zero attached hydrogens (tertiary/aromatic N) is 4. The van der Waals surface area contributed by atoms with E-state index < -0.39 is 24.4 Å². The van der Waals surface area contributed by atoms with Gasteiger partial charge in [-0.3, -0.25) is 4.99 Å². The van der Waals surface area contributed by atoms with Gasteiger partial charge in [0.15, 0.2) is 5.17 Å². The number of hydrogen-bond acceptors (Lipinski definition) is 9. The fraction of sp³-hybridized carbons (Fsp3) is 0.500. The van der Waals surface area contributed by atoms with Crippen LogP contribution < -0.4 is 10.1 Å². The Kier molecular flexibility index (Phi) is 6.26. The minimum Gasteiger partial charge on any atom is -0.486 e. The van der Waals surface area contributed by atoms with E-state index >= 15 is 0 Å². The van der Waals surface area contributed by atoms with Crippen molar-refractivity contribution in [2.24, 2.45) is 4.99 Å². The first-order chi connectivity index (χ1) is 14.0. The average Bonchev–Trinajstić information content (AvgIpc) is 3.32. The number of ether oxygens (including phenoxy) is 2. The van der Waals surface area contributed by atoms with Crippen LogP contribution in [0, 0.1) is 0 Å². The van der Waals surface area contributed by atoms with Gasteiger partial charge in [-0.05, 0) is 19.1 Å². The van der Waals surface area contributed by atoms with Gasteiger partial charge in [-0.15, -0.1) is 5.10 Å². The number of benzene rings is 1. The Morgan fingerprint density at radius 3 is 2.93 bits per heavy atom. The standard InChI is InChI=1S/C18H22ClN5O4S/c1-2-20-18-21-14-16(26)15(25)13(28-17(14)29-18)8-24-7-10(22-23-24)9-27-12-6-4-3-5-11(12)19/h3-7,13-17,25-26H,2,8-9H2,1H3,(H,20,21)/t13-,14-,15-,16-,17-/m1/s1. The maximum atomic E-state index is 10.5. The number of nitrogens with one attached hydrogen (secondary N) is 1. The smallest absolute Gasteiger partial charge is 0.159 e. The molecule has 0 amide bonds. The highest BCUT2D eigenvalue weighted by atomic mass is 35.5. The Morgan fingerprint density at radius 2 is 2.14 bits per heavy atom. The lowest BCUT2D eigenvalue weighted by atomic mass is 9.98. The van der Waals surface area contributed by atoms with Gasteiger partial charge >= 0.3 is 0 Å². The molecule has 2 aliphatic heterocycles. The second-order valence-corrected chi connectivity index (χ2v) is 8.24. The molecule has 3 N–H and O–H groups in total. The molecule has 1 aromatic heterocycles. The van der Waals surface area contributed by atoms with Crippen LogP contribution in [0.3, 0.4) is 0 Å². The molecule has 0 aliphatic carbocycles. The van der Waals surface area contributed by atoms with Gasteiger partial charge in [0, 0.05) is 6.54 Å². The number of halogens is 1. The molecule has 2 aromatic rings. The second kappa shape index (κ2) is 8.88. The summed E-state index contributed by atoms with van der Waals surface area (Å²) in [5, 5.41) is 33.5. The third-order valence-corrected chi connectivity index (χ3v) is 6.06. The Balaban J connectivity index is 1.36. The van der Waals surface area contributed by atoms with Gasteiger partial charge in [-0.25, -0.2) is 4.68 Å². The third kappa shape index (κ3) is 4.51. The van der Waals surface area contributed by atoms with E-state index in [1.54, 1.807) is 23.0 Å². The lowest BCUT2D eigenvalue weighted by Gasteiger charge is -2.38. The number of aromatic nitrogens is 3. The molecule has 1 saturated heterocycles. The molecule has 3 heterocycles. The van der Waals surface area contributed by atoms with Gasteiger partial charge < -0.3 is 25.0 Å². The highest BCUT2D eigenvalue weighted by Gasteiger charge is 2.48. The predicted molar refractivity (Wildman–Crippen MR) is 109 cm³/mol. The molecule has 9 nitrogen and oxygen atoms in total. The van der Waals surface area contributed by atoms with E-state index in [0.29, 0.717) is 21.6 Å². The van der Waals surface area contributed by atoms with Crippen LogP contribution in [0.2, 0.25) is 5.02 Å². The van der Waals surface area contributed by atoms with Gasteiger partial charge in [-0.2, -0.15) is 0 Å². The fourth-order valence-corrected chi connectivity index (χ4v) is 4.59. The van der Waals surface area contributed by atoms with E-state index in [1.165, 1.54) is 11.8 Å². The van der Waals surface area contributed by atoms with E-state index in [2.05, 4.69) is 20.6 Å². The number of amidine groups is 1. The third-order valence-electron chi connectivity index (χ3n) is 4.66. The molecular formula is C18H22ClN5O4S. The Labute approximate surface area is 177 Å². The van der Waals surface area contributed by atoms with Crippen molar-refractivity contribution in [2.45, 2.75) is 49.9 Å². The van der Waals surface area contributed by atoms with Gasteiger partial charge in [0.1, 0.15) is 47.8 Å². The monoisotopic (exact) mass is 439 g/mol. The molecule has 156 valence electrons. The molecule has 1 aromatic carbocycles. The maximum absolute atomic E-state index is 10.5. The zero-order valence-corrected chi connectivity index (χ0v) is 17.3. The van der Waals surface area contributed by atoms with Crippen LogP contribution in [0.15, 0.2) is 35.5 Å². The summed E-state index contributed by atoms with van der Waals surface area (Å²) >= 11 is 7.50. The van der Waals surface area contributed by atoms with Crippen molar-refractivity contribution >= 4 is 28.5 Å².